The van der Waals surface area contributed by atoms with Gasteiger partial charge >= 0.3 is 0 Å². The molecule has 0 spiro atoms. The van der Waals surface area contributed by atoms with Crippen molar-refractivity contribution in [1.29, 1.82) is 0 Å². The van der Waals surface area contributed by atoms with E-state index < -0.39 is 0 Å². The Kier molecular flexibility index (Phi) is 10.4. The summed E-state index contributed by atoms with van der Waals surface area (Å²) < 4.78 is 2.04. The lowest BCUT2D eigenvalue weighted by atomic mass is 10.1. The van der Waals surface area contributed by atoms with E-state index in [4.69, 9.17) is 0 Å². The van der Waals surface area contributed by atoms with Gasteiger partial charge in [-0.05, 0) is 30.9 Å². The first-order chi connectivity index (χ1) is 11.7. The van der Waals surface area contributed by atoms with Gasteiger partial charge in [0.05, 0.1) is 0 Å². The Labute approximate surface area is 167 Å². The van der Waals surface area contributed by atoms with Crippen LogP contribution in [0.15, 0.2) is 29.4 Å². The van der Waals surface area contributed by atoms with Crippen LogP contribution in [0.2, 0.25) is 0 Å². The monoisotopic (exact) mass is 458 g/mol. The third kappa shape index (κ3) is 7.58. The summed E-state index contributed by atoms with van der Waals surface area (Å²) >= 11 is 0. The number of nitrogens with zero attached hydrogens (tertiary/aromatic N) is 4. The molecule has 7 heteroatoms. The summed E-state index contributed by atoms with van der Waals surface area (Å²) in [6, 6.07) is 5.95. The van der Waals surface area contributed by atoms with Crippen molar-refractivity contribution in [3.05, 3.63) is 30.2 Å². The predicted molar refractivity (Wildman–Crippen MR) is 115 cm³/mol. The van der Waals surface area contributed by atoms with Gasteiger partial charge in [-0.1, -0.05) is 32.8 Å². The van der Waals surface area contributed by atoms with E-state index in [1.165, 1.54) is 19.3 Å². The largest absolute Gasteiger partial charge is 0.356 e. The molecule has 0 fully saturated rings. The number of fused-ring (bicyclic) bond motifs is 1. The molecule has 0 unspecified atom stereocenters. The lowest BCUT2D eigenvalue weighted by molar-refractivity contribution is 0.534. The lowest BCUT2D eigenvalue weighted by Gasteiger charge is -2.12. The molecule has 140 valence electrons. The Hall–Kier alpha value is -1.38. The highest BCUT2D eigenvalue weighted by molar-refractivity contribution is 14.0. The first-order valence-electron chi connectivity index (χ1n) is 8.94. The number of halogens is 1. The number of rotatable bonds is 9. The maximum Gasteiger partial charge on any atom is 0.190 e. The minimum atomic E-state index is 0. The van der Waals surface area contributed by atoms with E-state index in [2.05, 4.69) is 39.7 Å². The summed E-state index contributed by atoms with van der Waals surface area (Å²) in [6.45, 7) is 6.38. The quantitative estimate of drug-likeness (QED) is 0.262. The minimum absolute atomic E-state index is 0. The smallest absolute Gasteiger partial charge is 0.190 e. The van der Waals surface area contributed by atoms with Gasteiger partial charge in [-0.25, -0.2) is 0 Å². The molecule has 0 aliphatic rings. The second-order valence-corrected chi connectivity index (χ2v) is 6.46. The fraction of sp³-hybridized carbons (Fsp3) is 0.611. The zero-order chi connectivity index (χ0) is 17.2. The van der Waals surface area contributed by atoms with Crippen molar-refractivity contribution in [3.8, 4) is 0 Å². The van der Waals surface area contributed by atoms with Crippen molar-refractivity contribution >= 4 is 35.6 Å². The number of unbranched alkanes of at least 4 members (excludes halogenated alkanes) is 1. The Morgan fingerprint density at radius 2 is 1.88 bits per heavy atom. The highest BCUT2D eigenvalue weighted by Crippen LogP contribution is 2.05. The molecule has 0 aliphatic carbocycles. The van der Waals surface area contributed by atoms with Crippen LogP contribution in [0.4, 0.5) is 0 Å². The van der Waals surface area contributed by atoms with Crippen molar-refractivity contribution in [2.45, 2.75) is 46.0 Å². The van der Waals surface area contributed by atoms with Gasteiger partial charge in [-0.3, -0.25) is 9.39 Å². The maximum atomic E-state index is 4.27. The second kappa shape index (κ2) is 12.1. The molecule has 0 bridgehead atoms. The van der Waals surface area contributed by atoms with Crippen LogP contribution in [-0.4, -0.2) is 40.7 Å². The standard InChI is InChI=1S/C18H30N6.HI/c1-15(2)9-4-6-12-20-18(19-3)21-13-8-11-17-23-22-16-10-5-7-14-24(16)17;/h5,7,10,14-15H,4,6,8-9,11-13H2,1-3H3,(H2,19,20,21);1H. The van der Waals surface area contributed by atoms with Gasteiger partial charge in [0, 0.05) is 32.8 Å². The molecule has 0 aliphatic heterocycles. The van der Waals surface area contributed by atoms with Gasteiger partial charge in [-0.15, -0.1) is 34.2 Å². The molecule has 2 heterocycles. The van der Waals surface area contributed by atoms with E-state index in [0.717, 1.165) is 49.3 Å². The molecule has 2 N–H and O–H groups in total. The van der Waals surface area contributed by atoms with Crippen LogP contribution in [0, 0.1) is 5.92 Å². The Balaban J connectivity index is 0.00000312. The Morgan fingerprint density at radius 3 is 2.60 bits per heavy atom. The summed E-state index contributed by atoms with van der Waals surface area (Å²) in [5.74, 6) is 2.67. The zero-order valence-electron chi connectivity index (χ0n) is 15.5. The topological polar surface area (TPSA) is 66.6 Å². The van der Waals surface area contributed by atoms with Gasteiger partial charge in [0.15, 0.2) is 11.6 Å². The van der Waals surface area contributed by atoms with E-state index in [9.17, 15) is 0 Å². The van der Waals surface area contributed by atoms with E-state index in [-0.39, 0.29) is 24.0 Å². The van der Waals surface area contributed by atoms with Gasteiger partial charge in [-0.2, -0.15) is 0 Å². The molecular weight excluding hydrogens is 427 g/mol. The molecule has 2 rings (SSSR count). The van der Waals surface area contributed by atoms with E-state index >= 15 is 0 Å². The fourth-order valence-corrected chi connectivity index (χ4v) is 2.62. The van der Waals surface area contributed by atoms with Gasteiger partial charge < -0.3 is 10.6 Å². The first-order valence-corrected chi connectivity index (χ1v) is 8.94. The molecule has 0 radical (unpaired) electrons. The van der Waals surface area contributed by atoms with Crippen LogP contribution < -0.4 is 10.6 Å². The van der Waals surface area contributed by atoms with Crippen molar-refractivity contribution in [1.82, 2.24) is 25.2 Å². The molecule has 0 saturated heterocycles. The van der Waals surface area contributed by atoms with Gasteiger partial charge in [0.2, 0.25) is 0 Å². The summed E-state index contributed by atoms with van der Waals surface area (Å²) in [5, 5.41) is 15.2. The third-order valence-corrected chi connectivity index (χ3v) is 3.98. The molecular formula is C18H31IN6. The maximum absolute atomic E-state index is 4.27. The Bertz CT molecular complexity index is 637. The molecule has 25 heavy (non-hydrogen) atoms. The SMILES string of the molecule is CN=C(NCCCCC(C)C)NCCCc1nnc2ccccn12.I. The van der Waals surface area contributed by atoms with Crippen LogP contribution in [0.1, 0.15) is 45.4 Å². The summed E-state index contributed by atoms with van der Waals surface area (Å²) in [6.07, 6.45) is 7.63. The van der Waals surface area contributed by atoms with Gasteiger partial charge in [0.25, 0.3) is 0 Å². The van der Waals surface area contributed by atoms with E-state index in [1.54, 1.807) is 0 Å². The number of hydrogen-bond donors (Lipinski definition) is 2. The number of nitrogens with one attached hydrogen (secondary N) is 2. The number of guanidine groups is 1. The van der Waals surface area contributed by atoms with Crippen LogP contribution in [0.5, 0.6) is 0 Å². The molecule has 6 nitrogen and oxygen atoms in total. The zero-order valence-corrected chi connectivity index (χ0v) is 17.9. The van der Waals surface area contributed by atoms with Gasteiger partial charge in [0.1, 0.15) is 5.82 Å². The molecule has 2 aromatic rings. The highest BCUT2D eigenvalue weighted by atomic mass is 127. The van der Waals surface area contributed by atoms with Crippen LogP contribution in [0.3, 0.4) is 0 Å². The highest BCUT2D eigenvalue weighted by Gasteiger charge is 2.04. The van der Waals surface area contributed by atoms with E-state index in [1.807, 2.05) is 35.8 Å². The number of aliphatic imine (C=N–C) groups is 1. The molecule has 0 aromatic carbocycles. The van der Waals surface area contributed by atoms with Crippen molar-refractivity contribution in [2.24, 2.45) is 10.9 Å². The summed E-state index contributed by atoms with van der Waals surface area (Å²) in [4.78, 5) is 4.27. The average molecular weight is 458 g/mol. The number of aromatic nitrogens is 3. The normalized spacial score (nSPS) is 11.6. The lowest BCUT2D eigenvalue weighted by Crippen LogP contribution is -2.38. The third-order valence-electron chi connectivity index (χ3n) is 3.98. The van der Waals surface area contributed by atoms with Crippen molar-refractivity contribution in [2.75, 3.05) is 20.1 Å². The predicted octanol–water partition coefficient (Wildman–Crippen LogP) is 3.27. The van der Waals surface area contributed by atoms with Crippen LogP contribution in [0.25, 0.3) is 5.65 Å². The molecule has 0 saturated carbocycles. The number of aryl methyl sites for hydroxylation is 1. The van der Waals surface area contributed by atoms with Crippen molar-refractivity contribution in [3.63, 3.8) is 0 Å². The Morgan fingerprint density at radius 1 is 1.12 bits per heavy atom. The van der Waals surface area contributed by atoms with Crippen LogP contribution >= 0.6 is 24.0 Å². The average Bonchev–Trinajstić information content (AvgIpc) is 2.99. The number of pyridine rings is 1. The van der Waals surface area contributed by atoms with E-state index in [0.29, 0.717) is 0 Å². The van der Waals surface area contributed by atoms with Crippen LogP contribution in [-0.2, 0) is 6.42 Å². The second-order valence-electron chi connectivity index (χ2n) is 6.46. The fourth-order valence-electron chi connectivity index (χ4n) is 2.62. The number of hydrogen-bond acceptors (Lipinski definition) is 3. The molecule has 2 aromatic heterocycles. The van der Waals surface area contributed by atoms with Crippen molar-refractivity contribution < 1.29 is 0 Å². The molecule has 0 atom stereocenters. The first kappa shape index (κ1) is 21.7. The molecule has 0 amide bonds. The summed E-state index contributed by atoms with van der Waals surface area (Å²) in [7, 11) is 1.81. The minimum Gasteiger partial charge on any atom is -0.356 e. The summed E-state index contributed by atoms with van der Waals surface area (Å²) in [5.41, 5.74) is 0.902.